The Bertz CT molecular complexity index is 470. The van der Waals surface area contributed by atoms with Gasteiger partial charge in [-0.25, -0.2) is 4.79 Å². The highest BCUT2D eigenvalue weighted by atomic mass is 16.7. The third kappa shape index (κ3) is 4.41. The first kappa shape index (κ1) is 16.7. The zero-order valence-corrected chi connectivity index (χ0v) is 12.5. The van der Waals surface area contributed by atoms with Gasteiger partial charge in [0.1, 0.15) is 6.61 Å². The fourth-order valence-corrected chi connectivity index (χ4v) is 2.36. The first-order valence-corrected chi connectivity index (χ1v) is 7.17. The SMILES string of the molecule is CO[C@H]1O[C@H](CN)[C@H](O)C[C@H]1NC(=O)OCc1ccccc1. The van der Waals surface area contributed by atoms with Gasteiger partial charge in [0.2, 0.25) is 0 Å². The zero-order valence-electron chi connectivity index (χ0n) is 12.5. The van der Waals surface area contributed by atoms with Crippen LogP contribution in [0.3, 0.4) is 0 Å². The molecule has 2 rings (SSSR count). The normalized spacial score (nSPS) is 28.1. The van der Waals surface area contributed by atoms with Crippen LogP contribution in [0.5, 0.6) is 0 Å². The number of rotatable bonds is 5. The molecule has 0 unspecified atom stereocenters. The Morgan fingerprint density at radius 3 is 2.82 bits per heavy atom. The molecule has 1 saturated heterocycles. The number of hydrogen-bond donors (Lipinski definition) is 3. The van der Waals surface area contributed by atoms with Gasteiger partial charge >= 0.3 is 6.09 Å². The first-order valence-electron chi connectivity index (χ1n) is 7.17. The van der Waals surface area contributed by atoms with Crippen LogP contribution in [0.1, 0.15) is 12.0 Å². The molecular weight excluding hydrogens is 288 g/mol. The molecule has 0 aromatic heterocycles. The zero-order chi connectivity index (χ0) is 15.9. The van der Waals surface area contributed by atoms with Crippen molar-refractivity contribution in [1.82, 2.24) is 5.32 Å². The van der Waals surface area contributed by atoms with Gasteiger partial charge in [-0.15, -0.1) is 0 Å². The van der Waals surface area contributed by atoms with Crippen molar-refractivity contribution < 1.29 is 24.1 Å². The molecule has 1 amide bonds. The Balaban J connectivity index is 1.84. The van der Waals surface area contributed by atoms with Crippen LogP contribution < -0.4 is 11.1 Å². The molecule has 1 fully saturated rings. The van der Waals surface area contributed by atoms with Crippen molar-refractivity contribution in [2.45, 2.75) is 37.6 Å². The number of ether oxygens (including phenoxy) is 3. The van der Waals surface area contributed by atoms with E-state index in [2.05, 4.69) is 5.32 Å². The van der Waals surface area contributed by atoms with Gasteiger partial charge in [-0.3, -0.25) is 0 Å². The molecule has 0 spiro atoms. The summed E-state index contributed by atoms with van der Waals surface area (Å²) in [6.07, 6.45) is -2.21. The van der Waals surface area contributed by atoms with Gasteiger partial charge in [-0.2, -0.15) is 0 Å². The van der Waals surface area contributed by atoms with Gasteiger partial charge in [-0.05, 0) is 5.56 Å². The minimum absolute atomic E-state index is 0.172. The number of nitrogens with one attached hydrogen (secondary N) is 1. The first-order chi connectivity index (χ1) is 10.6. The van der Waals surface area contributed by atoms with Crippen LogP contribution in [-0.2, 0) is 20.8 Å². The van der Waals surface area contributed by atoms with E-state index in [1.807, 2.05) is 30.3 Å². The quantitative estimate of drug-likeness (QED) is 0.726. The molecule has 1 aliphatic rings. The predicted octanol–water partition coefficient (Wildman–Crippen LogP) is 0.362. The molecule has 1 aliphatic heterocycles. The molecule has 4 atom stereocenters. The summed E-state index contributed by atoms with van der Waals surface area (Å²) < 4.78 is 15.8. The number of carbonyl (C=O) groups excluding carboxylic acids is 1. The van der Waals surface area contributed by atoms with Gasteiger partial charge in [0.05, 0.1) is 18.2 Å². The molecule has 0 bridgehead atoms. The molecule has 0 radical (unpaired) electrons. The van der Waals surface area contributed by atoms with Gasteiger partial charge in [0.25, 0.3) is 0 Å². The summed E-state index contributed by atoms with van der Waals surface area (Å²) in [6.45, 7) is 0.359. The van der Waals surface area contributed by atoms with E-state index in [-0.39, 0.29) is 13.2 Å². The minimum atomic E-state index is -0.754. The average Bonchev–Trinajstić information content (AvgIpc) is 2.54. The van der Waals surface area contributed by atoms with Crippen LogP contribution >= 0.6 is 0 Å². The monoisotopic (exact) mass is 310 g/mol. The summed E-state index contributed by atoms with van der Waals surface area (Å²) in [5.41, 5.74) is 6.41. The molecule has 1 aromatic carbocycles. The highest BCUT2D eigenvalue weighted by Gasteiger charge is 2.37. The number of carbonyl (C=O) groups is 1. The third-order valence-electron chi connectivity index (χ3n) is 3.54. The van der Waals surface area contributed by atoms with Crippen molar-refractivity contribution in [2.75, 3.05) is 13.7 Å². The molecule has 7 nitrogen and oxygen atoms in total. The number of benzene rings is 1. The Labute approximate surface area is 129 Å². The summed E-state index contributed by atoms with van der Waals surface area (Å²) in [4.78, 5) is 11.9. The summed E-state index contributed by atoms with van der Waals surface area (Å²) in [5, 5.41) is 12.6. The van der Waals surface area contributed by atoms with E-state index in [1.54, 1.807) is 0 Å². The Kier molecular flexibility index (Phi) is 6.14. The second-order valence-corrected chi connectivity index (χ2v) is 5.13. The van der Waals surface area contributed by atoms with Crippen LogP contribution in [0.25, 0.3) is 0 Å². The van der Waals surface area contributed by atoms with E-state index in [0.29, 0.717) is 6.42 Å². The summed E-state index contributed by atoms with van der Waals surface area (Å²) in [5.74, 6) is 0. The van der Waals surface area contributed by atoms with Crippen molar-refractivity contribution in [2.24, 2.45) is 5.73 Å². The van der Waals surface area contributed by atoms with Crippen LogP contribution in [0.2, 0.25) is 0 Å². The summed E-state index contributed by atoms with van der Waals surface area (Å²) in [7, 11) is 1.47. The number of aliphatic hydroxyl groups excluding tert-OH is 1. The Morgan fingerprint density at radius 2 is 2.18 bits per heavy atom. The van der Waals surface area contributed by atoms with Crippen LogP contribution in [0.4, 0.5) is 4.79 Å². The van der Waals surface area contributed by atoms with Crippen molar-refractivity contribution >= 4 is 6.09 Å². The van der Waals surface area contributed by atoms with Gasteiger partial charge in [-0.1, -0.05) is 30.3 Å². The molecule has 1 heterocycles. The van der Waals surface area contributed by atoms with Gasteiger partial charge in [0.15, 0.2) is 6.29 Å². The van der Waals surface area contributed by atoms with Gasteiger partial charge in [0, 0.05) is 20.1 Å². The number of aliphatic hydroxyl groups is 1. The lowest BCUT2D eigenvalue weighted by atomic mass is 10.0. The number of hydrogen-bond acceptors (Lipinski definition) is 6. The maximum atomic E-state index is 11.9. The minimum Gasteiger partial charge on any atom is -0.445 e. The molecule has 0 aliphatic carbocycles. The maximum Gasteiger partial charge on any atom is 0.407 e. The average molecular weight is 310 g/mol. The highest BCUT2D eigenvalue weighted by molar-refractivity contribution is 5.67. The van der Waals surface area contributed by atoms with E-state index in [4.69, 9.17) is 19.9 Å². The van der Waals surface area contributed by atoms with Crippen molar-refractivity contribution in [3.63, 3.8) is 0 Å². The largest absolute Gasteiger partial charge is 0.445 e. The fraction of sp³-hybridized carbons (Fsp3) is 0.533. The molecule has 7 heteroatoms. The Morgan fingerprint density at radius 1 is 1.45 bits per heavy atom. The van der Waals surface area contributed by atoms with E-state index < -0.39 is 30.6 Å². The number of alkyl carbamates (subject to hydrolysis) is 1. The lowest BCUT2D eigenvalue weighted by Gasteiger charge is -2.38. The topological polar surface area (TPSA) is 103 Å². The van der Waals surface area contributed by atoms with Crippen molar-refractivity contribution in [3.05, 3.63) is 35.9 Å². The number of nitrogens with two attached hydrogens (primary N) is 1. The van der Waals surface area contributed by atoms with E-state index in [1.165, 1.54) is 7.11 Å². The van der Waals surface area contributed by atoms with E-state index in [0.717, 1.165) is 5.56 Å². The Hall–Kier alpha value is -1.67. The van der Waals surface area contributed by atoms with Crippen molar-refractivity contribution in [1.29, 1.82) is 0 Å². The second-order valence-electron chi connectivity index (χ2n) is 5.13. The second kappa shape index (κ2) is 8.09. The molecule has 4 N–H and O–H groups in total. The fourth-order valence-electron chi connectivity index (χ4n) is 2.36. The lowest BCUT2D eigenvalue weighted by molar-refractivity contribution is -0.221. The van der Waals surface area contributed by atoms with Crippen LogP contribution in [0, 0.1) is 0 Å². The summed E-state index contributed by atoms with van der Waals surface area (Å²) in [6, 6.07) is 8.87. The van der Waals surface area contributed by atoms with Crippen LogP contribution in [-0.4, -0.2) is 49.4 Å². The smallest absolute Gasteiger partial charge is 0.407 e. The highest BCUT2D eigenvalue weighted by Crippen LogP contribution is 2.20. The third-order valence-corrected chi connectivity index (χ3v) is 3.54. The molecule has 1 aromatic rings. The van der Waals surface area contributed by atoms with Gasteiger partial charge < -0.3 is 30.4 Å². The maximum absolute atomic E-state index is 11.9. The number of amides is 1. The molecule has 0 saturated carbocycles. The van der Waals surface area contributed by atoms with E-state index in [9.17, 15) is 9.90 Å². The van der Waals surface area contributed by atoms with Crippen LogP contribution in [0.15, 0.2) is 30.3 Å². The molecular formula is C15H22N2O5. The predicted molar refractivity (Wildman–Crippen MR) is 78.9 cm³/mol. The van der Waals surface area contributed by atoms with Crippen molar-refractivity contribution in [3.8, 4) is 0 Å². The lowest BCUT2D eigenvalue weighted by Crippen LogP contribution is -2.56. The summed E-state index contributed by atoms with van der Waals surface area (Å²) >= 11 is 0. The van der Waals surface area contributed by atoms with E-state index >= 15 is 0 Å². The standard InChI is InChI=1S/C15H22N2O5/c1-20-14-11(7-12(18)13(8-16)22-14)17-15(19)21-9-10-5-3-2-4-6-10/h2-6,11-14,18H,7-9,16H2,1H3,(H,17,19)/t11-,12-,13-,14+/m1/s1. The molecule has 22 heavy (non-hydrogen) atoms. The molecule has 122 valence electrons. The number of methoxy groups -OCH3 is 1.